The summed E-state index contributed by atoms with van der Waals surface area (Å²) in [6.07, 6.45) is 2.37. The van der Waals surface area contributed by atoms with Crippen LogP contribution < -0.4 is 10.2 Å². The van der Waals surface area contributed by atoms with Crippen LogP contribution in [0.5, 0.6) is 0 Å². The molecule has 0 aliphatic carbocycles. The van der Waals surface area contributed by atoms with Crippen molar-refractivity contribution in [2.75, 3.05) is 31.3 Å². The number of carbonyl (C=O) groups excluding carboxylic acids is 2. The SMILES string of the molecule is O=C(NCC1(CO)CCOCC1)C1CCC(=O)N1c1ccccc1. The number of aliphatic hydroxyl groups is 1. The number of hydrogen-bond acceptors (Lipinski definition) is 4. The van der Waals surface area contributed by atoms with Crippen LogP contribution >= 0.6 is 0 Å². The third-order valence-corrected chi connectivity index (χ3v) is 5.08. The highest BCUT2D eigenvalue weighted by Gasteiger charge is 2.38. The van der Waals surface area contributed by atoms with E-state index in [1.54, 1.807) is 4.90 Å². The Bertz CT molecular complexity index is 584. The van der Waals surface area contributed by atoms with Crippen LogP contribution in [0.4, 0.5) is 5.69 Å². The lowest BCUT2D eigenvalue weighted by Gasteiger charge is -2.36. The second-order valence-electron chi connectivity index (χ2n) is 6.64. The first-order valence-electron chi connectivity index (χ1n) is 8.49. The minimum absolute atomic E-state index is 0.0238. The predicted octanol–water partition coefficient (Wildman–Crippen LogP) is 1.09. The van der Waals surface area contributed by atoms with Crippen LogP contribution in [-0.4, -0.2) is 49.3 Å². The van der Waals surface area contributed by atoms with E-state index in [2.05, 4.69) is 5.32 Å². The van der Waals surface area contributed by atoms with Gasteiger partial charge in [0.05, 0.1) is 6.61 Å². The third-order valence-electron chi connectivity index (χ3n) is 5.08. The summed E-state index contributed by atoms with van der Waals surface area (Å²) >= 11 is 0. The molecule has 6 nitrogen and oxygen atoms in total. The summed E-state index contributed by atoms with van der Waals surface area (Å²) in [5, 5.41) is 12.7. The van der Waals surface area contributed by atoms with Gasteiger partial charge in [-0.3, -0.25) is 14.5 Å². The first kappa shape index (κ1) is 16.9. The summed E-state index contributed by atoms with van der Waals surface area (Å²) in [6.45, 7) is 1.66. The lowest BCUT2D eigenvalue weighted by molar-refractivity contribution is -0.125. The average molecular weight is 332 g/mol. The van der Waals surface area contributed by atoms with E-state index in [-0.39, 0.29) is 23.8 Å². The molecule has 1 aromatic rings. The molecule has 1 unspecified atom stereocenters. The summed E-state index contributed by atoms with van der Waals surface area (Å²) in [7, 11) is 0. The van der Waals surface area contributed by atoms with E-state index in [9.17, 15) is 14.7 Å². The van der Waals surface area contributed by atoms with E-state index >= 15 is 0 Å². The fourth-order valence-electron chi connectivity index (χ4n) is 3.43. The lowest BCUT2D eigenvalue weighted by atomic mass is 9.81. The molecule has 2 aliphatic rings. The molecule has 2 aliphatic heterocycles. The minimum atomic E-state index is -0.476. The molecule has 0 spiro atoms. The first-order valence-corrected chi connectivity index (χ1v) is 8.49. The number of aliphatic hydroxyl groups excluding tert-OH is 1. The van der Waals surface area contributed by atoms with Crippen molar-refractivity contribution in [1.29, 1.82) is 0 Å². The van der Waals surface area contributed by atoms with Gasteiger partial charge in [-0.1, -0.05) is 18.2 Å². The smallest absolute Gasteiger partial charge is 0.243 e. The summed E-state index contributed by atoms with van der Waals surface area (Å²) in [5.41, 5.74) is 0.441. The van der Waals surface area contributed by atoms with Crippen LogP contribution in [-0.2, 0) is 14.3 Å². The van der Waals surface area contributed by atoms with Crippen molar-refractivity contribution in [2.24, 2.45) is 5.41 Å². The molecule has 1 atom stereocenters. The number of benzene rings is 1. The van der Waals surface area contributed by atoms with Crippen molar-refractivity contribution in [3.8, 4) is 0 Å². The zero-order valence-corrected chi connectivity index (χ0v) is 13.7. The number of ether oxygens (including phenoxy) is 1. The maximum Gasteiger partial charge on any atom is 0.243 e. The molecule has 0 saturated carbocycles. The molecule has 0 radical (unpaired) electrons. The van der Waals surface area contributed by atoms with Crippen LogP contribution in [0.15, 0.2) is 30.3 Å². The van der Waals surface area contributed by atoms with Crippen LogP contribution in [0, 0.1) is 5.41 Å². The van der Waals surface area contributed by atoms with E-state index in [0.29, 0.717) is 32.6 Å². The molecule has 2 saturated heterocycles. The number of carbonyl (C=O) groups is 2. The molecular weight excluding hydrogens is 308 g/mol. The van der Waals surface area contributed by atoms with E-state index in [4.69, 9.17) is 4.74 Å². The molecule has 0 aromatic heterocycles. The predicted molar refractivity (Wildman–Crippen MR) is 89.5 cm³/mol. The highest BCUT2D eigenvalue weighted by atomic mass is 16.5. The Morgan fingerprint density at radius 2 is 2.00 bits per heavy atom. The van der Waals surface area contributed by atoms with E-state index in [1.807, 2.05) is 30.3 Å². The minimum Gasteiger partial charge on any atom is -0.396 e. The van der Waals surface area contributed by atoms with Crippen molar-refractivity contribution in [2.45, 2.75) is 31.7 Å². The summed E-state index contributed by atoms with van der Waals surface area (Å²) < 4.78 is 5.35. The van der Waals surface area contributed by atoms with E-state index in [0.717, 1.165) is 18.5 Å². The molecule has 2 fully saturated rings. The number of para-hydroxylation sites is 1. The van der Waals surface area contributed by atoms with Crippen LogP contribution in [0.2, 0.25) is 0 Å². The second kappa shape index (κ2) is 7.32. The first-order chi connectivity index (χ1) is 11.7. The molecule has 24 heavy (non-hydrogen) atoms. The summed E-state index contributed by atoms with van der Waals surface area (Å²) in [4.78, 5) is 26.4. The Balaban J connectivity index is 1.66. The van der Waals surface area contributed by atoms with Crippen molar-refractivity contribution in [3.05, 3.63) is 30.3 Å². The van der Waals surface area contributed by atoms with Crippen LogP contribution in [0.25, 0.3) is 0 Å². The van der Waals surface area contributed by atoms with E-state index in [1.165, 1.54) is 0 Å². The quantitative estimate of drug-likeness (QED) is 0.846. The zero-order valence-electron chi connectivity index (χ0n) is 13.7. The summed E-state index contributed by atoms with van der Waals surface area (Å²) in [5.74, 6) is -0.173. The number of nitrogens with zero attached hydrogens (tertiary/aromatic N) is 1. The van der Waals surface area contributed by atoms with Crippen molar-refractivity contribution in [1.82, 2.24) is 5.32 Å². The van der Waals surface area contributed by atoms with Gasteiger partial charge in [0.25, 0.3) is 0 Å². The number of amides is 2. The van der Waals surface area contributed by atoms with Crippen molar-refractivity contribution >= 4 is 17.5 Å². The molecule has 0 bridgehead atoms. The zero-order chi connectivity index (χ0) is 17.0. The molecule has 2 amide bonds. The second-order valence-corrected chi connectivity index (χ2v) is 6.64. The largest absolute Gasteiger partial charge is 0.396 e. The van der Waals surface area contributed by atoms with Gasteiger partial charge >= 0.3 is 0 Å². The molecule has 3 rings (SSSR count). The van der Waals surface area contributed by atoms with E-state index < -0.39 is 6.04 Å². The number of nitrogens with one attached hydrogen (secondary N) is 1. The van der Waals surface area contributed by atoms with Crippen LogP contribution in [0.1, 0.15) is 25.7 Å². The monoisotopic (exact) mass is 332 g/mol. The van der Waals surface area contributed by atoms with Gasteiger partial charge < -0.3 is 15.2 Å². The Morgan fingerprint density at radius 1 is 1.29 bits per heavy atom. The molecular formula is C18H24N2O4. The fraction of sp³-hybridized carbons (Fsp3) is 0.556. The highest BCUT2D eigenvalue weighted by Crippen LogP contribution is 2.30. The summed E-state index contributed by atoms with van der Waals surface area (Å²) in [6, 6.07) is 8.82. The molecule has 2 N–H and O–H groups in total. The third kappa shape index (κ3) is 3.44. The molecule has 130 valence electrons. The van der Waals surface area contributed by atoms with Gasteiger partial charge in [-0.2, -0.15) is 0 Å². The van der Waals surface area contributed by atoms with Gasteiger partial charge in [-0.15, -0.1) is 0 Å². The van der Waals surface area contributed by atoms with Crippen LogP contribution in [0.3, 0.4) is 0 Å². The standard InChI is InChI=1S/C18H24N2O4/c21-13-18(8-10-24-11-9-18)12-19-17(23)15-6-7-16(22)20(15)14-4-2-1-3-5-14/h1-5,15,21H,6-13H2,(H,19,23). The van der Waals surface area contributed by atoms with Gasteiger partial charge in [0.2, 0.25) is 11.8 Å². The topological polar surface area (TPSA) is 78.9 Å². The Hall–Kier alpha value is -1.92. The average Bonchev–Trinajstić information content (AvgIpc) is 3.03. The Kier molecular flexibility index (Phi) is 5.16. The van der Waals surface area contributed by atoms with Gasteiger partial charge in [0.15, 0.2) is 0 Å². The lowest BCUT2D eigenvalue weighted by Crippen LogP contribution is -2.50. The van der Waals surface area contributed by atoms with Gasteiger partial charge in [-0.25, -0.2) is 0 Å². The number of hydrogen-bond donors (Lipinski definition) is 2. The fourth-order valence-corrected chi connectivity index (χ4v) is 3.43. The van der Waals surface area contributed by atoms with Gasteiger partial charge in [0.1, 0.15) is 6.04 Å². The van der Waals surface area contributed by atoms with Gasteiger partial charge in [0, 0.05) is 37.3 Å². The highest BCUT2D eigenvalue weighted by molar-refractivity contribution is 6.03. The Morgan fingerprint density at radius 3 is 2.67 bits per heavy atom. The number of rotatable bonds is 5. The number of anilines is 1. The molecule has 1 aromatic carbocycles. The molecule has 2 heterocycles. The van der Waals surface area contributed by atoms with Crippen molar-refractivity contribution in [3.63, 3.8) is 0 Å². The maximum absolute atomic E-state index is 12.7. The van der Waals surface area contributed by atoms with Crippen molar-refractivity contribution < 1.29 is 19.4 Å². The maximum atomic E-state index is 12.7. The van der Waals surface area contributed by atoms with Gasteiger partial charge in [-0.05, 0) is 31.4 Å². The molecule has 6 heteroatoms. The Labute approximate surface area is 141 Å². The normalized spacial score (nSPS) is 23.3.